The molecule has 1 atom stereocenters. The molecule has 0 amide bonds. The van der Waals surface area contributed by atoms with E-state index in [0.717, 1.165) is 5.92 Å². The van der Waals surface area contributed by atoms with E-state index in [0.29, 0.717) is 0 Å². The van der Waals surface area contributed by atoms with Gasteiger partial charge in [0.2, 0.25) is 0 Å². The molecule has 1 aliphatic carbocycles. The van der Waals surface area contributed by atoms with E-state index in [4.69, 9.17) is 4.74 Å². The molecule has 0 spiro atoms. The number of nitrogens with one attached hydrogen (secondary N) is 1. The maximum atomic E-state index is 5.36. The summed E-state index contributed by atoms with van der Waals surface area (Å²) in [6.07, 6.45) is 6.93. The number of hydrogen-bond acceptors (Lipinski definition) is 2. The fourth-order valence-corrected chi connectivity index (χ4v) is 2.80. The number of rotatable bonds is 4. The highest BCUT2D eigenvalue weighted by Gasteiger charge is 2.15. The Morgan fingerprint density at radius 1 is 1.12 bits per heavy atom. The minimum atomic E-state index is 0.00964. The second-order valence-corrected chi connectivity index (χ2v) is 4.91. The van der Waals surface area contributed by atoms with Crippen LogP contribution in [0.15, 0.2) is 24.3 Å². The van der Waals surface area contributed by atoms with Crippen LogP contribution >= 0.6 is 0 Å². The lowest BCUT2D eigenvalue weighted by Gasteiger charge is -2.22. The fourth-order valence-electron chi connectivity index (χ4n) is 2.80. The summed E-state index contributed by atoms with van der Waals surface area (Å²) in [5, 5.41) is 3.14. The van der Waals surface area contributed by atoms with Gasteiger partial charge in [0.25, 0.3) is 0 Å². The van der Waals surface area contributed by atoms with Crippen LogP contribution in [0.3, 0.4) is 0 Å². The van der Waals surface area contributed by atoms with E-state index in [1.807, 2.05) is 7.05 Å². The number of ether oxygens (including phenoxy) is 1. The highest BCUT2D eigenvalue weighted by molar-refractivity contribution is 5.26. The van der Waals surface area contributed by atoms with Crippen molar-refractivity contribution in [2.45, 2.75) is 44.2 Å². The molecule has 0 heterocycles. The van der Waals surface area contributed by atoms with Gasteiger partial charge in [-0.15, -0.1) is 0 Å². The highest BCUT2D eigenvalue weighted by Crippen LogP contribution is 2.32. The lowest BCUT2D eigenvalue weighted by Crippen LogP contribution is -2.18. The average Bonchev–Trinajstić information content (AvgIpc) is 2.42. The van der Waals surface area contributed by atoms with Crippen molar-refractivity contribution in [2.24, 2.45) is 0 Å². The lowest BCUT2D eigenvalue weighted by atomic mass is 9.84. The molecule has 1 fully saturated rings. The van der Waals surface area contributed by atoms with Gasteiger partial charge in [-0.1, -0.05) is 43.5 Å². The van der Waals surface area contributed by atoms with Gasteiger partial charge in [-0.3, -0.25) is 5.32 Å². The molecule has 2 rings (SSSR count). The Morgan fingerprint density at radius 2 is 1.76 bits per heavy atom. The third kappa shape index (κ3) is 3.08. The molecular weight excluding hydrogens is 210 g/mol. The van der Waals surface area contributed by atoms with Gasteiger partial charge in [0.05, 0.1) is 0 Å². The average molecular weight is 233 g/mol. The van der Waals surface area contributed by atoms with Crippen LogP contribution in [0.25, 0.3) is 0 Å². The summed E-state index contributed by atoms with van der Waals surface area (Å²) in [6.45, 7) is 0. The fraction of sp³-hybridized carbons (Fsp3) is 0.600. The first-order valence-corrected chi connectivity index (χ1v) is 6.65. The van der Waals surface area contributed by atoms with Crippen LogP contribution in [0.5, 0.6) is 0 Å². The normalized spacial score (nSPS) is 19.2. The van der Waals surface area contributed by atoms with E-state index in [1.54, 1.807) is 7.11 Å². The summed E-state index contributed by atoms with van der Waals surface area (Å²) in [5.41, 5.74) is 2.70. The number of benzene rings is 1. The summed E-state index contributed by atoms with van der Waals surface area (Å²) in [4.78, 5) is 0. The van der Waals surface area contributed by atoms with Gasteiger partial charge >= 0.3 is 0 Å². The molecule has 0 bridgehead atoms. The molecule has 1 unspecified atom stereocenters. The number of hydrogen-bond donors (Lipinski definition) is 1. The van der Waals surface area contributed by atoms with Gasteiger partial charge in [-0.05, 0) is 36.9 Å². The van der Waals surface area contributed by atoms with Crippen LogP contribution < -0.4 is 5.32 Å². The van der Waals surface area contributed by atoms with Crippen LogP contribution in [0.2, 0.25) is 0 Å². The highest BCUT2D eigenvalue weighted by atomic mass is 16.5. The van der Waals surface area contributed by atoms with Crippen molar-refractivity contribution in [3.05, 3.63) is 35.4 Å². The van der Waals surface area contributed by atoms with Crippen LogP contribution in [0.1, 0.15) is 55.4 Å². The zero-order chi connectivity index (χ0) is 12.1. The second kappa shape index (κ2) is 6.18. The van der Waals surface area contributed by atoms with Crippen molar-refractivity contribution in [1.82, 2.24) is 5.32 Å². The Kier molecular flexibility index (Phi) is 4.57. The molecule has 94 valence electrons. The van der Waals surface area contributed by atoms with Gasteiger partial charge in [0.1, 0.15) is 6.23 Å². The molecule has 1 saturated carbocycles. The predicted octanol–water partition coefficient (Wildman–Crippen LogP) is 3.60. The molecule has 0 aromatic heterocycles. The molecule has 2 heteroatoms. The van der Waals surface area contributed by atoms with E-state index < -0.39 is 0 Å². The second-order valence-electron chi connectivity index (χ2n) is 4.91. The molecule has 0 saturated heterocycles. The van der Waals surface area contributed by atoms with E-state index in [9.17, 15) is 0 Å². The van der Waals surface area contributed by atoms with Crippen molar-refractivity contribution in [3.8, 4) is 0 Å². The monoisotopic (exact) mass is 233 g/mol. The van der Waals surface area contributed by atoms with Crippen molar-refractivity contribution in [1.29, 1.82) is 0 Å². The lowest BCUT2D eigenvalue weighted by molar-refractivity contribution is 0.0809. The van der Waals surface area contributed by atoms with Crippen molar-refractivity contribution in [3.63, 3.8) is 0 Å². The van der Waals surface area contributed by atoms with Crippen molar-refractivity contribution < 1.29 is 4.74 Å². The van der Waals surface area contributed by atoms with Gasteiger partial charge in [0.15, 0.2) is 0 Å². The molecular formula is C15H23NO. The minimum Gasteiger partial charge on any atom is -0.362 e. The summed E-state index contributed by atoms with van der Waals surface area (Å²) >= 11 is 0. The molecule has 1 aromatic carbocycles. The van der Waals surface area contributed by atoms with Crippen LogP contribution in [0.4, 0.5) is 0 Å². The quantitative estimate of drug-likeness (QED) is 0.802. The largest absolute Gasteiger partial charge is 0.362 e. The maximum absolute atomic E-state index is 5.36. The summed E-state index contributed by atoms with van der Waals surface area (Å²) in [7, 11) is 3.65. The molecule has 1 aliphatic rings. The Morgan fingerprint density at radius 3 is 2.29 bits per heavy atom. The molecule has 17 heavy (non-hydrogen) atoms. The first kappa shape index (κ1) is 12.6. The van der Waals surface area contributed by atoms with Gasteiger partial charge in [0, 0.05) is 7.11 Å². The Bertz CT molecular complexity index is 323. The SMILES string of the molecule is CNC(OC)c1ccc(C2CCCCC2)cc1. The smallest absolute Gasteiger partial charge is 0.133 e. The third-order valence-electron chi connectivity index (χ3n) is 3.81. The molecule has 0 aliphatic heterocycles. The first-order chi connectivity index (χ1) is 8.35. The summed E-state index contributed by atoms with van der Waals surface area (Å²) < 4.78 is 5.36. The van der Waals surface area contributed by atoms with Crippen LogP contribution in [-0.2, 0) is 4.74 Å². The van der Waals surface area contributed by atoms with E-state index >= 15 is 0 Å². The van der Waals surface area contributed by atoms with Crippen LogP contribution in [-0.4, -0.2) is 14.2 Å². The zero-order valence-corrected chi connectivity index (χ0v) is 10.9. The summed E-state index contributed by atoms with van der Waals surface area (Å²) in [5.74, 6) is 0.786. The van der Waals surface area contributed by atoms with E-state index in [1.165, 1.54) is 43.2 Å². The number of methoxy groups -OCH3 is 1. The maximum Gasteiger partial charge on any atom is 0.133 e. The Balaban J connectivity index is 2.06. The Labute approximate surface area is 104 Å². The van der Waals surface area contributed by atoms with Gasteiger partial charge < -0.3 is 4.74 Å². The third-order valence-corrected chi connectivity index (χ3v) is 3.81. The van der Waals surface area contributed by atoms with Crippen molar-refractivity contribution >= 4 is 0 Å². The topological polar surface area (TPSA) is 21.3 Å². The molecule has 0 radical (unpaired) electrons. The standard InChI is InChI=1S/C15H23NO/c1-16-15(17-2)14-10-8-13(9-11-14)12-6-4-3-5-7-12/h8-12,15-16H,3-7H2,1-2H3. The zero-order valence-electron chi connectivity index (χ0n) is 10.9. The van der Waals surface area contributed by atoms with Crippen molar-refractivity contribution in [2.75, 3.05) is 14.2 Å². The predicted molar refractivity (Wildman–Crippen MR) is 71.1 cm³/mol. The summed E-state index contributed by atoms with van der Waals surface area (Å²) in [6, 6.07) is 8.92. The Hall–Kier alpha value is -0.860. The van der Waals surface area contributed by atoms with Gasteiger partial charge in [-0.2, -0.15) is 0 Å². The molecule has 2 nitrogen and oxygen atoms in total. The molecule has 1 aromatic rings. The first-order valence-electron chi connectivity index (χ1n) is 6.65. The molecule has 1 N–H and O–H groups in total. The van der Waals surface area contributed by atoms with E-state index in [-0.39, 0.29) is 6.23 Å². The van der Waals surface area contributed by atoms with Gasteiger partial charge in [-0.25, -0.2) is 0 Å². The van der Waals surface area contributed by atoms with Crippen LogP contribution in [0, 0.1) is 0 Å². The minimum absolute atomic E-state index is 0.00964. The van der Waals surface area contributed by atoms with E-state index in [2.05, 4.69) is 29.6 Å².